The number of hydrogen-bond acceptors (Lipinski definition) is 2. The molecule has 0 saturated carbocycles. The molecule has 0 atom stereocenters. The monoisotopic (exact) mass is 937 g/mol. The second-order valence-electron chi connectivity index (χ2n) is 20.0. The minimum Gasteiger partial charge on any atom is -0.309 e. The Balaban J connectivity index is 0.952. The van der Waals surface area contributed by atoms with E-state index in [2.05, 4.69) is 265 Å². The molecule has 1 spiro atoms. The Hall–Kier alpha value is -9.70. The topological polar surface area (TPSA) is 30.7 Å². The van der Waals surface area contributed by atoms with Crippen molar-refractivity contribution in [1.29, 1.82) is 0 Å². The smallest absolute Gasteiger partial charge is 0.160 e. The van der Waals surface area contributed by atoms with Crippen LogP contribution in [0.4, 0.5) is 0 Å². The highest BCUT2D eigenvalue weighted by molar-refractivity contribution is 6.25. The van der Waals surface area contributed by atoms with Crippen LogP contribution in [0.15, 0.2) is 261 Å². The van der Waals surface area contributed by atoms with Crippen LogP contribution in [-0.4, -0.2) is 14.5 Å². The van der Waals surface area contributed by atoms with Gasteiger partial charge in [-0.15, -0.1) is 0 Å². The summed E-state index contributed by atoms with van der Waals surface area (Å²) >= 11 is 0. The summed E-state index contributed by atoms with van der Waals surface area (Å²) in [7, 11) is 0. The Labute approximate surface area is 428 Å². The number of rotatable bonds is 5. The van der Waals surface area contributed by atoms with Crippen molar-refractivity contribution in [1.82, 2.24) is 14.5 Å². The molecule has 0 fully saturated rings. The van der Waals surface area contributed by atoms with Crippen LogP contribution in [0.3, 0.4) is 0 Å². The van der Waals surface area contributed by atoms with E-state index in [1.807, 2.05) is 0 Å². The Morgan fingerprint density at radius 3 is 1.30 bits per heavy atom. The van der Waals surface area contributed by atoms with Crippen molar-refractivity contribution in [3.8, 4) is 73.0 Å². The fourth-order valence-electron chi connectivity index (χ4n) is 13.1. The first-order valence-electron chi connectivity index (χ1n) is 25.6. The van der Waals surface area contributed by atoms with Gasteiger partial charge in [0.05, 0.1) is 27.8 Å². The Bertz CT molecular complexity index is 4520. The lowest BCUT2D eigenvalue weighted by Crippen LogP contribution is -2.25. The molecule has 2 aliphatic carbocycles. The third kappa shape index (κ3) is 5.78. The van der Waals surface area contributed by atoms with E-state index in [1.165, 1.54) is 87.6 Å². The average Bonchev–Trinajstić information content (AvgIpc) is 4.11. The molecule has 14 aromatic rings. The van der Waals surface area contributed by atoms with Crippen molar-refractivity contribution in [2.45, 2.75) is 5.41 Å². The van der Waals surface area contributed by atoms with Gasteiger partial charge in [0, 0.05) is 33.2 Å². The minimum atomic E-state index is -0.476. The minimum absolute atomic E-state index is 0.476. The van der Waals surface area contributed by atoms with Gasteiger partial charge in [0.2, 0.25) is 0 Å². The van der Waals surface area contributed by atoms with Gasteiger partial charge in [-0.3, -0.25) is 0 Å². The summed E-state index contributed by atoms with van der Waals surface area (Å²) in [5.41, 5.74) is 20.2. The second-order valence-corrected chi connectivity index (χ2v) is 20.0. The number of aromatic nitrogens is 3. The van der Waals surface area contributed by atoms with Crippen LogP contribution < -0.4 is 0 Å². The number of hydrogen-bond donors (Lipinski definition) is 0. The molecule has 0 N–H and O–H groups in total. The Kier molecular flexibility index (Phi) is 8.66. The highest BCUT2D eigenvalue weighted by atomic mass is 15.0. The van der Waals surface area contributed by atoms with Crippen LogP contribution >= 0.6 is 0 Å². The SMILES string of the molecule is c1ccc(-c2cc(-c3ccc4c(c3)C3(c5ccccc5-c5ccccc53)c3ccccc3-4)nc(-c3cc(-c4ccc5c6ccccc6c6ccccc6c5c4)cc(-n4c5ccccc5c5ccccc54)c3)n2)cc1. The standard InChI is InChI=1S/C71H43N3/c1-2-18-44(19-3-1)66-43-67(46-35-37-58-57-26-10-15-31-64(57)71(65(58)42-46)62-29-13-8-24-55(62)56-25-9-14-30-63(56)71)73-70(72-66)48-38-47(39-49(40-48)74-68-32-16-11-27-59(68)60-28-12-17-33-69(60)74)45-34-36-54-52-22-5-4-20-50(52)51-21-6-7-23-53(51)61(54)41-45/h1-43H. The number of nitrogens with zero attached hydrogens (tertiary/aromatic N) is 3. The molecular weight excluding hydrogens is 895 g/mol. The van der Waals surface area contributed by atoms with Gasteiger partial charge in [-0.25, -0.2) is 9.97 Å². The van der Waals surface area contributed by atoms with Gasteiger partial charge in [-0.2, -0.15) is 0 Å². The van der Waals surface area contributed by atoms with Gasteiger partial charge >= 0.3 is 0 Å². The molecule has 2 aromatic heterocycles. The lowest BCUT2D eigenvalue weighted by molar-refractivity contribution is 0.794. The Morgan fingerprint density at radius 2 is 0.703 bits per heavy atom. The van der Waals surface area contributed by atoms with Crippen LogP contribution in [0.1, 0.15) is 22.3 Å². The quantitative estimate of drug-likeness (QED) is 0.161. The summed E-state index contributed by atoms with van der Waals surface area (Å²) in [5, 5.41) is 9.94. The first kappa shape index (κ1) is 41.0. The number of benzene rings is 12. The third-order valence-corrected chi connectivity index (χ3v) is 16.2. The zero-order chi connectivity index (χ0) is 48.5. The van der Waals surface area contributed by atoms with E-state index < -0.39 is 5.41 Å². The lowest BCUT2D eigenvalue weighted by atomic mass is 9.70. The van der Waals surface area contributed by atoms with Gasteiger partial charge in [0.15, 0.2) is 5.82 Å². The molecule has 0 amide bonds. The maximum absolute atomic E-state index is 5.66. The maximum Gasteiger partial charge on any atom is 0.160 e. The number of para-hydroxylation sites is 2. The lowest BCUT2D eigenvalue weighted by Gasteiger charge is -2.30. The van der Waals surface area contributed by atoms with Crippen LogP contribution in [0.5, 0.6) is 0 Å². The van der Waals surface area contributed by atoms with Crippen molar-refractivity contribution in [3.05, 3.63) is 283 Å². The number of fused-ring (bicyclic) bond motifs is 19. The van der Waals surface area contributed by atoms with Crippen molar-refractivity contribution in [3.63, 3.8) is 0 Å². The van der Waals surface area contributed by atoms with E-state index in [9.17, 15) is 0 Å². The fraction of sp³-hybridized carbons (Fsp3) is 0.0141. The highest BCUT2D eigenvalue weighted by Gasteiger charge is 2.51. The van der Waals surface area contributed by atoms with E-state index in [0.29, 0.717) is 5.82 Å². The van der Waals surface area contributed by atoms with Crippen LogP contribution in [0.25, 0.3) is 127 Å². The molecule has 0 aliphatic heterocycles. The molecule has 12 aromatic carbocycles. The summed E-state index contributed by atoms with van der Waals surface area (Å²) in [5.74, 6) is 0.664. The highest BCUT2D eigenvalue weighted by Crippen LogP contribution is 2.63. The van der Waals surface area contributed by atoms with Crippen LogP contribution in [-0.2, 0) is 5.41 Å². The van der Waals surface area contributed by atoms with E-state index in [0.717, 1.165) is 55.9 Å². The molecule has 3 heteroatoms. The first-order chi connectivity index (χ1) is 36.7. The molecule has 3 nitrogen and oxygen atoms in total. The summed E-state index contributed by atoms with van der Waals surface area (Å²) < 4.78 is 2.42. The molecule has 0 bridgehead atoms. The first-order valence-corrected chi connectivity index (χ1v) is 25.6. The van der Waals surface area contributed by atoms with Crippen molar-refractivity contribution < 1.29 is 0 Å². The maximum atomic E-state index is 5.66. The van der Waals surface area contributed by atoms with Crippen molar-refractivity contribution in [2.75, 3.05) is 0 Å². The zero-order valence-electron chi connectivity index (χ0n) is 40.2. The van der Waals surface area contributed by atoms with E-state index in [-0.39, 0.29) is 0 Å². The van der Waals surface area contributed by atoms with Gasteiger partial charge in [0.25, 0.3) is 0 Å². The van der Waals surface area contributed by atoms with Crippen LogP contribution in [0.2, 0.25) is 0 Å². The van der Waals surface area contributed by atoms with Crippen molar-refractivity contribution in [2.24, 2.45) is 0 Å². The molecule has 0 radical (unpaired) electrons. The van der Waals surface area contributed by atoms with Gasteiger partial charge in [-0.05, 0) is 136 Å². The van der Waals surface area contributed by atoms with Crippen LogP contribution in [0, 0.1) is 0 Å². The van der Waals surface area contributed by atoms with E-state index in [1.54, 1.807) is 0 Å². The predicted octanol–water partition coefficient (Wildman–Crippen LogP) is 18.0. The van der Waals surface area contributed by atoms with Gasteiger partial charge in [0.1, 0.15) is 0 Å². The summed E-state index contributed by atoms with van der Waals surface area (Å²) in [4.78, 5) is 11.2. The summed E-state index contributed by atoms with van der Waals surface area (Å²) in [6, 6.07) is 95.8. The van der Waals surface area contributed by atoms with Gasteiger partial charge in [-0.1, -0.05) is 212 Å². The average molecular weight is 938 g/mol. The summed E-state index contributed by atoms with van der Waals surface area (Å²) in [6.07, 6.45) is 0. The third-order valence-electron chi connectivity index (χ3n) is 16.2. The molecule has 0 unspecified atom stereocenters. The molecular formula is C71H43N3. The zero-order valence-corrected chi connectivity index (χ0v) is 40.2. The van der Waals surface area contributed by atoms with E-state index in [4.69, 9.17) is 9.97 Å². The molecule has 2 aliphatic rings. The predicted molar refractivity (Wildman–Crippen MR) is 307 cm³/mol. The molecule has 0 saturated heterocycles. The Morgan fingerprint density at radius 1 is 0.257 bits per heavy atom. The molecule has 74 heavy (non-hydrogen) atoms. The largest absolute Gasteiger partial charge is 0.309 e. The second kappa shape index (κ2) is 15.6. The van der Waals surface area contributed by atoms with Gasteiger partial charge < -0.3 is 4.57 Å². The molecule has 342 valence electrons. The van der Waals surface area contributed by atoms with E-state index >= 15 is 0 Å². The molecule has 16 rings (SSSR count). The fourth-order valence-corrected chi connectivity index (χ4v) is 13.1. The summed E-state index contributed by atoms with van der Waals surface area (Å²) in [6.45, 7) is 0. The van der Waals surface area contributed by atoms with Crippen molar-refractivity contribution >= 4 is 54.1 Å². The normalized spacial score (nSPS) is 13.0. The molecule has 2 heterocycles.